The minimum absolute atomic E-state index is 1.27. The van der Waals surface area contributed by atoms with E-state index in [2.05, 4.69) is 96.4 Å². The average molecular weight is 336 g/mol. The molecule has 0 radical (unpaired) electrons. The predicted molar refractivity (Wildman–Crippen MR) is 110 cm³/mol. The van der Waals surface area contributed by atoms with Gasteiger partial charge in [-0.15, -0.1) is 11.3 Å². The molecule has 1 heteroatoms. The van der Waals surface area contributed by atoms with Gasteiger partial charge in [-0.05, 0) is 39.1 Å². The predicted octanol–water partition coefficient (Wildman–Crippen LogP) is 7.39. The Balaban J connectivity index is 2.04. The van der Waals surface area contributed by atoms with E-state index in [0.29, 0.717) is 0 Å². The first-order valence-electron chi connectivity index (χ1n) is 8.46. The van der Waals surface area contributed by atoms with E-state index in [0.717, 1.165) is 0 Å². The summed E-state index contributed by atoms with van der Waals surface area (Å²) >= 11 is 1.83. The van der Waals surface area contributed by atoms with Crippen molar-refractivity contribution in [2.75, 3.05) is 0 Å². The SMILES string of the molecule is c1ccc(-c2c(-c3ccccc3)c3ccsc3c3ccccc23)cc1. The highest BCUT2D eigenvalue weighted by Crippen LogP contribution is 2.45. The topological polar surface area (TPSA) is 0 Å². The van der Waals surface area contributed by atoms with E-state index in [1.807, 2.05) is 11.3 Å². The van der Waals surface area contributed by atoms with Crippen LogP contribution in [0.15, 0.2) is 96.4 Å². The molecule has 25 heavy (non-hydrogen) atoms. The van der Waals surface area contributed by atoms with Crippen LogP contribution in [-0.2, 0) is 0 Å². The second-order valence-corrected chi connectivity index (χ2v) is 7.11. The molecule has 0 atom stereocenters. The Morgan fingerprint density at radius 3 is 1.60 bits per heavy atom. The summed E-state index contributed by atoms with van der Waals surface area (Å²) in [6.45, 7) is 0. The van der Waals surface area contributed by atoms with Gasteiger partial charge < -0.3 is 0 Å². The number of benzene rings is 4. The summed E-state index contributed by atoms with van der Waals surface area (Å²) in [5, 5.41) is 6.21. The van der Waals surface area contributed by atoms with Gasteiger partial charge in [-0.1, -0.05) is 84.9 Å². The van der Waals surface area contributed by atoms with Gasteiger partial charge in [-0.25, -0.2) is 0 Å². The van der Waals surface area contributed by atoms with Crippen LogP contribution in [0.4, 0.5) is 0 Å². The molecule has 0 spiro atoms. The summed E-state index contributed by atoms with van der Waals surface area (Å²) in [5.74, 6) is 0. The van der Waals surface area contributed by atoms with Crippen molar-refractivity contribution in [2.24, 2.45) is 0 Å². The average Bonchev–Trinajstić information content (AvgIpc) is 3.18. The van der Waals surface area contributed by atoms with Crippen LogP contribution in [0.25, 0.3) is 43.1 Å². The summed E-state index contributed by atoms with van der Waals surface area (Å²) in [6.07, 6.45) is 0. The Bertz CT molecular complexity index is 1170. The molecule has 118 valence electrons. The highest BCUT2D eigenvalue weighted by Gasteiger charge is 2.17. The molecule has 5 rings (SSSR count). The normalized spacial score (nSPS) is 11.2. The number of thiophene rings is 1. The van der Waals surface area contributed by atoms with Gasteiger partial charge in [0.25, 0.3) is 0 Å². The lowest BCUT2D eigenvalue weighted by Crippen LogP contribution is -1.89. The maximum Gasteiger partial charge on any atom is 0.0427 e. The van der Waals surface area contributed by atoms with E-state index in [1.165, 1.54) is 43.1 Å². The van der Waals surface area contributed by atoms with E-state index in [1.54, 1.807) is 0 Å². The van der Waals surface area contributed by atoms with Crippen molar-refractivity contribution in [3.63, 3.8) is 0 Å². The molecule has 0 saturated carbocycles. The van der Waals surface area contributed by atoms with E-state index in [9.17, 15) is 0 Å². The van der Waals surface area contributed by atoms with Crippen LogP contribution >= 0.6 is 11.3 Å². The maximum atomic E-state index is 2.27. The molecule has 1 aromatic heterocycles. The zero-order valence-electron chi connectivity index (χ0n) is 13.6. The molecule has 0 bridgehead atoms. The van der Waals surface area contributed by atoms with Gasteiger partial charge in [0, 0.05) is 15.5 Å². The second-order valence-electron chi connectivity index (χ2n) is 6.19. The van der Waals surface area contributed by atoms with Crippen molar-refractivity contribution in [3.8, 4) is 22.3 Å². The summed E-state index contributed by atoms with van der Waals surface area (Å²) in [5.41, 5.74) is 5.20. The minimum atomic E-state index is 1.27. The van der Waals surface area contributed by atoms with Crippen LogP contribution in [0, 0.1) is 0 Å². The second kappa shape index (κ2) is 5.87. The van der Waals surface area contributed by atoms with E-state index in [4.69, 9.17) is 0 Å². The molecule has 0 fully saturated rings. The minimum Gasteiger partial charge on any atom is -0.143 e. The van der Waals surface area contributed by atoms with Gasteiger partial charge in [0.05, 0.1) is 0 Å². The van der Waals surface area contributed by atoms with Crippen molar-refractivity contribution in [3.05, 3.63) is 96.4 Å². The van der Waals surface area contributed by atoms with Gasteiger partial charge in [-0.3, -0.25) is 0 Å². The molecule has 0 amide bonds. The monoisotopic (exact) mass is 336 g/mol. The Kier molecular flexibility index (Phi) is 3.39. The van der Waals surface area contributed by atoms with Crippen LogP contribution in [0.3, 0.4) is 0 Å². The molecule has 5 aromatic rings. The fourth-order valence-corrected chi connectivity index (χ4v) is 4.63. The first-order valence-corrected chi connectivity index (χ1v) is 9.34. The Labute approximate surface area is 151 Å². The molecule has 0 saturated heterocycles. The molecule has 0 aliphatic carbocycles. The molecule has 0 unspecified atom stereocenters. The summed E-state index contributed by atoms with van der Waals surface area (Å²) in [7, 11) is 0. The molecule has 0 nitrogen and oxygen atoms in total. The summed E-state index contributed by atoms with van der Waals surface area (Å²) < 4.78 is 1.37. The van der Waals surface area contributed by atoms with Crippen LogP contribution in [0.2, 0.25) is 0 Å². The van der Waals surface area contributed by atoms with Crippen molar-refractivity contribution < 1.29 is 0 Å². The molecule has 0 aliphatic heterocycles. The maximum absolute atomic E-state index is 2.27. The van der Waals surface area contributed by atoms with Crippen molar-refractivity contribution in [2.45, 2.75) is 0 Å². The number of hydrogen-bond donors (Lipinski definition) is 0. The van der Waals surface area contributed by atoms with Gasteiger partial charge in [0.1, 0.15) is 0 Å². The summed E-state index contributed by atoms with van der Waals surface area (Å²) in [6, 6.07) is 32.6. The number of rotatable bonds is 2. The first-order chi connectivity index (χ1) is 12.4. The number of hydrogen-bond acceptors (Lipinski definition) is 1. The zero-order chi connectivity index (χ0) is 16.6. The van der Waals surface area contributed by atoms with Crippen molar-refractivity contribution >= 4 is 32.2 Å². The highest BCUT2D eigenvalue weighted by atomic mass is 32.1. The quantitative estimate of drug-likeness (QED) is 0.315. The van der Waals surface area contributed by atoms with E-state index < -0.39 is 0 Å². The van der Waals surface area contributed by atoms with Gasteiger partial charge in [0.15, 0.2) is 0 Å². The molecule has 0 aliphatic rings. The molecule has 0 N–H and O–H groups in total. The van der Waals surface area contributed by atoms with Gasteiger partial charge in [-0.2, -0.15) is 0 Å². The van der Waals surface area contributed by atoms with Crippen molar-refractivity contribution in [1.82, 2.24) is 0 Å². The van der Waals surface area contributed by atoms with E-state index in [-0.39, 0.29) is 0 Å². The smallest absolute Gasteiger partial charge is 0.0427 e. The lowest BCUT2D eigenvalue weighted by Gasteiger charge is -2.16. The van der Waals surface area contributed by atoms with Crippen LogP contribution in [0.1, 0.15) is 0 Å². The van der Waals surface area contributed by atoms with Gasteiger partial charge in [0.2, 0.25) is 0 Å². The van der Waals surface area contributed by atoms with Crippen LogP contribution in [0.5, 0.6) is 0 Å². The number of fused-ring (bicyclic) bond motifs is 3. The van der Waals surface area contributed by atoms with Crippen LogP contribution in [-0.4, -0.2) is 0 Å². The Morgan fingerprint density at radius 2 is 0.960 bits per heavy atom. The highest BCUT2D eigenvalue weighted by molar-refractivity contribution is 7.18. The molecular formula is C24H16S. The largest absolute Gasteiger partial charge is 0.143 e. The third kappa shape index (κ3) is 2.28. The lowest BCUT2D eigenvalue weighted by atomic mass is 9.87. The first kappa shape index (κ1) is 14.4. The third-order valence-corrected chi connectivity index (χ3v) is 5.70. The standard InChI is InChI=1S/C24H16S/c1-3-9-17(10-4-1)22-19-13-7-8-14-20(19)24-21(15-16-25-24)23(22)18-11-5-2-6-12-18/h1-16H. The molecule has 4 aromatic carbocycles. The fraction of sp³-hybridized carbons (Fsp3) is 0. The van der Waals surface area contributed by atoms with Gasteiger partial charge >= 0.3 is 0 Å². The molecule has 1 heterocycles. The Morgan fingerprint density at radius 1 is 0.440 bits per heavy atom. The van der Waals surface area contributed by atoms with E-state index >= 15 is 0 Å². The van der Waals surface area contributed by atoms with Crippen LogP contribution < -0.4 is 0 Å². The Hall–Kier alpha value is -2.90. The van der Waals surface area contributed by atoms with Crippen molar-refractivity contribution in [1.29, 1.82) is 0 Å². The fourth-order valence-electron chi connectivity index (χ4n) is 3.69. The third-order valence-electron chi connectivity index (χ3n) is 4.75. The summed E-state index contributed by atoms with van der Waals surface area (Å²) in [4.78, 5) is 0. The lowest BCUT2D eigenvalue weighted by molar-refractivity contribution is 1.63. The zero-order valence-corrected chi connectivity index (χ0v) is 14.5. The molecular weight excluding hydrogens is 320 g/mol.